The number of rotatable bonds is 6. The van der Waals surface area contributed by atoms with Crippen LogP contribution < -0.4 is 0 Å². The van der Waals surface area contributed by atoms with Crippen LogP contribution in [0.4, 0.5) is 0 Å². The Hall–Kier alpha value is 0.910. The molecular formula is C8H18BrP. The van der Waals surface area contributed by atoms with E-state index in [1.54, 1.807) is 0 Å². The van der Waals surface area contributed by atoms with Crippen molar-refractivity contribution in [2.75, 3.05) is 12.3 Å². The van der Waals surface area contributed by atoms with Gasteiger partial charge in [0.1, 0.15) is 0 Å². The lowest BCUT2D eigenvalue weighted by Crippen LogP contribution is -1.82. The fourth-order valence-electron chi connectivity index (χ4n) is 0.868. The zero-order valence-electron chi connectivity index (χ0n) is 7.07. The van der Waals surface area contributed by atoms with Crippen molar-refractivity contribution < 1.29 is 0 Å². The van der Waals surface area contributed by atoms with Gasteiger partial charge in [-0.1, -0.05) is 48.6 Å². The van der Waals surface area contributed by atoms with E-state index in [1.807, 2.05) is 0 Å². The molecule has 0 aliphatic carbocycles. The summed E-state index contributed by atoms with van der Waals surface area (Å²) in [6.07, 6.45) is 8.39. The van der Waals surface area contributed by atoms with E-state index in [4.69, 9.17) is 0 Å². The Bertz CT molecular complexity index is 66.3. The predicted octanol–water partition coefficient (Wildman–Crippen LogP) is 4.38. The topological polar surface area (TPSA) is 0 Å². The van der Waals surface area contributed by atoms with E-state index in [2.05, 4.69) is 29.3 Å². The van der Waals surface area contributed by atoms with Crippen LogP contribution in [0.5, 0.6) is 0 Å². The quantitative estimate of drug-likeness (QED) is 0.464. The molecular weight excluding hydrogens is 207 g/mol. The zero-order valence-corrected chi connectivity index (χ0v) is 9.55. The minimum atomic E-state index is 0.218. The van der Waals surface area contributed by atoms with Crippen molar-refractivity contribution >= 4 is 22.1 Å². The molecule has 0 spiro atoms. The van der Waals surface area contributed by atoms with Crippen molar-refractivity contribution in [3.05, 3.63) is 0 Å². The van der Waals surface area contributed by atoms with Gasteiger partial charge in [0, 0.05) is 0 Å². The van der Waals surface area contributed by atoms with Gasteiger partial charge in [0.15, 0.2) is 0 Å². The molecule has 10 heavy (non-hydrogen) atoms. The highest BCUT2D eigenvalue weighted by Gasteiger charge is 1.97. The summed E-state index contributed by atoms with van der Waals surface area (Å²) in [5.74, 6) is 0. The Labute approximate surface area is 74.3 Å². The van der Waals surface area contributed by atoms with Crippen LogP contribution in [-0.2, 0) is 0 Å². The summed E-state index contributed by atoms with van der Waals surface area (Å²) in [5.41, 5.74) is 0. The van der Waals surface area contributed by atoms with E-state index >= 15 is 0 Å². The molecule has 2 heteroatoms. The Kier molecular flexibility index (Phi) is 8.74. The molecule has 0 rings (SSSR count). The summed E-state index contributed by atoms with van der Waals surface area (Å²) in [4.78, 5) is 0. The lowest BCUT2D eigenvalue weighted by molar-refractivity contribution is 0.705. The summed E-state index contributed by atoms with van der Waals surface area (Å²) in [5, 5.41) is 0. The average Bonchev–Trinajstić information content (AvgIpc) is 1.98. The van der Waals surface area contributed by atoms with Crippen molar-refractivity contribution in [3.8, 4) is 0 Å². The molecule has 0 nitrogen and oxygen atoms in total. The molecule has 0 aromatic heterocycles. The lowest BCUT2D eigenvalue weighted by atomic mass is 10.2. The van der Waals surface area contributed by atoms with Gasteiger partial charge in [-0.3, -0.25) is 0 Å². The highest BCUT2D eigenvalue weighted by Crippen LogP contribution is 2.44. The van der Waals surface area contributed by atoms with Crippen LogP contribution in [0.2, 0.25) is 0 Å². The summed E-state index contributed by atoms with van der Waals surface area (Å²) in [6.45, 7) is 4.74. The number of hydrogen-bond acceptors (Lipinski definition) is 0. The van der Waals surface area contributed by atoms with Gasteiger partial charge < -0.3 is 0 Å². The normalized spacial score (nSPS) is 13.5. The van der Waals surface area contributed by atoms with Crippen LogP contribution in [0.3, 0.4) is 0 Å². The molecule has 0 fully saturated rings. The summed E-state index contributed by atoms with van der Waals surface area (Å²) in [6, 6.07) is 0. The monoisotopic (exact) mass is 224 g/mol. The Morgan fingerprint density at radius 2 is 1.80 bits per heavy atom. The molecule has 0 saturated carbocycles. The molecule has 0 N–H and O–H groups in total. The summed E-state index contributed by atoms with van der Waals surface area (Å²) in [7, 11) is 0. The molecule has 0 aromatic rings. The van der Waals surface area contributed by atoms with E-state index in [9.17, 15) is 0 Å². The van der Waals surface area contributed by atoms with Crippen LogP contribution in [-0.4, -0.2) is 12.3 Å². The van der Waals surface area contributed by atoms with Crippen LogP contribution in [0.25, 0.3) is 0 Å². The van der Waals surface area contributed by atoms with E-state index < -0.39 is 0 Å². The second-order valence-electron chi connectivity index (χ2n) is 2.56. The van der Waals surface area contributed by atoms with Gasteiger partial charge in [0.25, 0.3) is 0 Å². The molecule has 1 unspecified atom stereocenters. The van der Waals surface area contributed by atoms with Crippen LogP contribution >= 0.6 is 22.1 Å². The number of hydrogen-bond donors (Lipinski definition) is 0. The Morgan fingerprint density at radius 3 is 2.30 bits per heavy atom. The maximum Gasteiger partial charge on any atom is -0.0227 e. The van der Waals surface area contributed by atoms with Crippen LogP contribution in [0.1, 0.15) is 39.5 Å². The summed E-state index contributed by atoms with van der Waals surface area (Å²) < 4.78 is 0. The molecule has 0 bridgehead atoms. The molecule has 0 radical (unpaired) electrons. The van der Waals surface area contributed by atoms with Gasteiger partial charge in [0.05, 0.1) is 0 Å². The average molecular weight is 225 g/mol. The minimum Gasteiger partial charge on any atom is -0.0654 e. The maximum atomic E-state index is 3.69. The van der Waals surface area contributed by atoms with Crippen molar-refractivity contribution in [1.82, 2.24) is 0 Å². The van der Waals surface area contributed by atoms with E-state index in [-0.39, 0.29) is 6.62 Å². The second kappa shape index (κ2) is 8.01. The van der Waals surface area contributed by atoms with Gasteiger partial charge in [-0.2, -0.15) is 0 Å². The zero-order chi connectivity index (χ0) is 7.82. The molecule has 0 saturated heterocycles. The fraction of sp³-hybridized carbons (Fsp3) is 1.00. The van der Waals surface area contributed by atoms with Gasteiger partial charge in [-0.15, -0.1) is 0 Å². The van der Waals surface area contributed by atoms with Crippen molar-refractivity contribution in [1.29, 1.82) is 0 Å². The first kappa shape index (κ1) is 10.9. The van der Waals surface area contributed by atoms with Crippen molar-refractivity contribution in [3.63, 3.8) is 0 Å². The first-order valence-electron chi connectivity index (χ1n) is 4.22. The molecule has 0 heterocycles. The lowest BCUT2D eigenvalue weighted by Gasteiger charge is -2.04. The maximum absolute atomic E-state index is 3.69. The molecule has 1 atom stereocenters. The smallest absolute Gasteiger partial charge is 0.0227 e. The Balaban J connectivity index is 2.89. The molecule has 62 valence electrons. The van der Waals surface area contributed by atoms with Crippen LogP contribution in [0.15, 0.2) is 0 Å². The third-order valence-corrected chi connectivity index (χ3v) is 5.65. The fourth-order valence-corrected chi connectivity index (χ4v) is 2.50. The third kappa shape index (κ3) is 7.02. The Morgan fingerprint density at radius 1 is 1.10 bits per heavy atom. The van der Waals surface area contributed by atoms with E-state index in [0.717, 1.165) is 0 Å². The summed E-state index contributed by atoms with van der Waals surface area (Å²) >= 11 is 3.69. The van der Waals surface area contributed by atoms with Gasteiger partial charge >= 0.3 is 0 Å². The van der Waals surface area contributed by atoms with E-state index in [1.165, 1.54) is 38.0 Å². The first-order valence-corrected chi connectivity index (χ1v) is 7.95. The van der Waals surface area contributed by atoms with Gasteiger partial charge in [0.2, 0.25) is 0 Å². The van der Waals surface area contributed by atoms with Crippen LogP contribution in [0, 0.1) is 0 Å². The number of unbranched alkanes of at least 4 members (excludes halogenated alkanes) is 3. The molecule has 0 aromatic carbocycles. The predicted molar refractivity (Wildman–Crippen MR) is 55.4 cm³/mol. The minimum absolute atomic E-state index is 0.218. The SMILES string of the molecule is CCCCCCP(Br)CC. The van der Waals surface area contributed by atoms with Crippen molar-refractivity contribution in [2.45, 2.75) is 39.5 Å². The van der Waals surface area contributed by atoms with Crippen molar-refractivity contribution in [2.24, 2.45) is 0 Å². The standard InChI is InChI=1S/C8H18BrP/c1-3-5-6-7-8-10(9)4-2/h3-8H2,1-2H3. The highest BCUT2D eigenvalue weighted by molar-refractivity contribution is 9.39. The van der Waals surface area contributed by atoms with Gasteiger partial charge in [-0.25, -0.2) is 0 Å². The molecule has 0 aliphatic heterocycles. The van der Waals surface area contributed by atoms with Gasteiger partial charge in [-0.05, 0) is 25.4 Å². The van der Waals surface area contributed by atoms with E-state index in [0.29, 0.717) is 0 Å². The largest absolute Gasteiger partial charge is 0.0654 e. The third-order valence-electron chi connectivity index (χ3n) is 1.60. The molecule has 0 aliphatic rings. The number of halogens is 1. The first-order chi connectivity index (χ1) is 4.81. The highest BCUT2D eigenvalue weighted by atomic mass is 79.9. The second-order valence-corrected chi connectivity index (χ2v) is 7.58. The molecule has 0 amide bonds.